The largest absolute Gasteiger partial charge is 0.461 e. The van der Waals surface area contributed by atoms with Crippen molar-refractivity contribution in [2.75, 3.05) is 6.61 Å². The normalized spacial score (nSPS) is 10.6. The zero-order valence-electron chi connectivity index (χ0n) is 10.4. The Morgan fingerprint density at radius 1 is 1.39 bits per heavy atom. The second-order valence-corrected chi connectivity index (χ2v) is 3.99. The van der Waals surface area contributed by atoms with E-state index in [2.05, 4.69) is 11.9 Å². The highest BCUT2D eigenvalue weighted by Crippen LogP contribution is 2.23. The smallest absolute Gasteiger partial charge is 0.355 e. The van der Waals surface area contributed by atoms with Gasteiger partial charge in [-0.25, -0.2) is 4.79 Å². The van der Waals surface area contributed by atoms with E-state index >= 15 is 0 Å². The Morgan fingerprint density at radius 3 is 2.78 bits per heavy atom. The Balaban J connectivity index is 2.60. The first-order valence-electron chi connectivity index (χ1n) is 5.98. The van der Waals surface area contributed by atoms with Crippen LogP contribution in [0, 0.1) is 0 Å². The average molecular weight is 245 g/mol. The van der Waals surface area contributed by atoms with E-state index < -0.39 is 5.97 Å². The molecule has 0 spiro atoms. The van der Waals surface area contributed by atoms with Crippen molar-refractivity contribution in [1.29, 1.82) is 0 Å². The molecule has 0 bridgehead atoms. The number of rotatable bonds is 4. The standard InChI is InChI=1S/C14H15NO3/c1-3-9-5-6-10-11(8-16)13(14(17)18-4-2)15-12(10)7-9/h5-8,15H,3-4H2,1-2H3. The molecule has 0 aliphatic carbocycles. The maximum Gasteiger partial charge on any atom is 0.355 e. The molecule has 1 N–H and O–H groups in total. The van der Waals surface area contributed by atoms with Gasteiger partial charge >= 0.3 is 5.97 Å². The minimum atomic E-state index is -0.492. The summed E-state index contributed by atoms with van der Waals surface area (Å²) < 4.78 is 4.93. The molecule has 0 amide bonds. The number of aldehydes is 1. The highest BCUT2D eigenvalue weighted by Gasteiger charge is 2.18. The van der Waals surface area contributed by atoms with E-state index in [1.165, 1.54) is 0 Å². The summed E-state index contributed by atoms with van der Waals surface area (Å²) in [6, 6.07) is 5.76. The summed E-state index contributed by atoms with van der Waals surface area (Å²) in [5.41, 5.74) is 2.54. The van der Waals surface area contributed by atoms with Gasteiger partial charge in [0.2, 0.25) is 0 Å². The first-order chi connectivity index (χ1) is 8.71. The molecule has 0 aliphatic rings. The van der Waals surface area contributed by atoms with Crippen LogP contribution in [0.5, 0.6) is 0 Å². The van der Waals surface area contributed by atoms with Crippen LogP contribution in [0.2, 0.25) is 0 Å². The fraction of sp³-hybridized carbons (Fsp3) is 0.286. The third kappa shape index (κ3) is 2.01. The molecule has 0 fully saturated rings. The molecule has 0 radical (unpaired) electrons. The van der Waals surface area contributed by atoms with Gasteiger partial charge in [-0.15, -0.1) is 0 Å². The van der Waals surface area contributed by atoms with Gasteiger partial charge in [0, 0.05) is 10.9 Å². The van der Waals surface area contributed by atoms with Crippen molar-refractivity contribution in [2.24, 2.45) is 0 Å². The van der Waals surface area contributed by atoms with Gasteiger partial charge in [-0.05, 0) is 25.0 Å². The van der Waals surface area contributed by atoms with Crippen molar-refractivity contribution in [3.8, 4) is 0 Å². The molecule has 0 atom stereocenters. The van der Waals surface area contributed by atoms with Gasteiger partial charge in [0.15, 0.2) is 6.29 Å². The van der Waals surface area contributed by atoms with E-state index in [1.54, 1.807) is 6.92 Å². The summed E-state index contributed by atoms with van der Waals surface area (Å²) in [7, 11) is 0. The Bertz CT molecular complexity index is 598. The zero-order chi connectivity index (χ0) is 13.1. The van der Waals surface area contributed by atoms with E-state index in [9.17, 15) is 9.59 Å². The topological polar surface area (TPSA) is 59.2 Å². The Kier molecular flexibility index (Phi) is 3.46. The summed E-state index contributed by atoms with van der Waals surface area (Å²) >= 11 is 0. The molecule has 0 saturated heterocycles. The molecule has 4 heteroatoms. The quantitative estimate of drug-likeness (QED) is 0.665. The predicted octanol–water partition coefficient (Wildman–Crippen LogP) is 2.72. The Hall–Kier alpha value is -2.10. The van der Waals surface area contributed by atoms with Crippen LogP contribution in [0.4, 0.5) is 0 Å². The van der Waals surface area contributed by atoms with Crippen molar-refractivity contribution in [3.63, 3.8) is 0 Å². The number of hydrogen-bond acceptors (Lipinski definition) is 3. The van der Waals surface area contributed by atoms with Crippen molar-refractivity contribution >= 4 is 23.2 Å². The van der Waals surface area contributed by atoms with Gasteiger partial charge in [0.25, 0.3) is 0 Å². The van der Waals surface area contributed by atoms with Crippen LogP contribution in [-0.4, -0.2) is 23.8 Å². The molecule has 0 unspecified atom stereocenters. The van der Waals surface area contributed by atoms with Gasteiger partial charge in [0.1, 0.15) is 5.69 Å². The highest BCUT2D eigenvalue weighted by atomic mass is 16.5. The maximum atomic E-state index is 11.7. The molecule has 2 rings (SSSR count). The van der Waals surface area contributed by atoms with Crippen LogP contribution in [0.3, 0.4) is 0 Å². The lowest BCUT2D eigenvalue weighted by molar-refractivity contribution is 0.0518. The molecule has 0 aliphatic heterocycles. The van der Waals surface area contributed by atoms with Crippen molar-refractivity contribution in [1.82, 2.24) is 4.98 Å². The zero-order valence-corrected chi connectivity index (χ0v) is 10.4. The van der Waals surface area contributed by atoms with Crippen LogP contribution >= 0.6 is 0 Å². The summed E-state index contributed by atoms with van der Waals surface area (Å²) in [6.07, 6.45) is 1.59. The fourth-order valence-corrected chi connectivity index (χ4v) is 1.97. The molecule has 1 aromatic carbocycles. The van der Waals surface area contributed by atoms with Crippen LogP contribution in [0.25, 0.3) is 10.9 Å². The first kappa shape index (κ1) is 12.4. The van der Waals surface area contributed by atoms with Crippen LogP contribution in [0.1, 0.15) is 40.3 Å². The molecular weight excluding hydrogens is 230 g/mol. The van der Waals surface area contributed by atoms with Gasteiger partial charge < -0.3 is 9.72 Å². The number of esters is 1. The highest BCUT2D eigenvalue weighted by molar-refractivity contribution is 6.08. The number of fused-ring (bicyclic) bond motifs is 1. The number of hydrogen-bond donors (Lipinski definition) is 1. The summed E-state index contributed by atoms with van der Waals surface area (Å²) in [5.74, 6) is -0.492. The monoisotopic (exact) mass is 245 g/mol. The average Bonchev–Trinajstić information content (AvgIpc) is 2.76. The Labute approximate surface area is 105 Å². The number of carbonyl (C=O) groups excluding carboxylic acids is 2. The minimum Gasteiger partial charge on any atom is -0.461 e. The van der Waals surface area contributed by atoms with Gasteiger partial charge in [-0.2, -0.15) is 0 Å². The molecular formula is C14H15NO3. The number of aromatic amines is 1. The number of nitrogens with one attached hydrogen (secondary N) is 1. The van der Waals surface area contributed by atoms with Crippen LogP contribution in [-0.2, 0) is 11.2 Å². The predicted molar refractivity (Wildman–Crippen MR) is 69.0 cm³/mol. The summed E-state index contributed by atoms with van der Waals surface area (Å²) in [5, 5.41) is 0.755. The maximum absolute atomic E-state index is 11.7. The molecule has 0 saturated carbocycles. The second kappa shape index (κ2) is 5.04. The van der Waals surface area contributed by atoms with Gasteiger partial charge in [-0.3, -0.25) is 4.79 Å². The van der Waals surface area contributed by atoms with E-state index in [1.807, 2.05) is 18.2 Å². The SMILES string of the molecule is CCOC(=O)c1[nH]c2cc(CC)ccc2c1C=O. The lowest BCUT2D eigenvalue weighted by atomic mass is 10.1. The summed E-state index contributed by atoms with van der Waals surface area (Å²) in [4.78, 5) is 25.8. The lowest BCUT2D eigenvalue weighted by Crippen LogP contribution is -2.07. The van der Waals surface area contributed by atoms with E-state index in [0.29, 0.717) is 11.8 Å². The molecule has 1 aromatic heterocycles. The molecule has 18 heavy (non-hydrogen) atoms. The van der Waals surface area contributed by atoms with Crippen molar-refractivity contribution in [3.05, 3.63) is 35.0 Å². The number of aryl methyl sites for hydroxylation is 1. The number of aromatic nitrogens is 1. The van der Waals surface area contributed by atoms with E-state index in [-0.39, 0.29) is 12.3 Å². The third-order valence-corrected chi connectivity index (χ3v) is 2.91. The molecule has 1 heterocycles. The number of H-pyrrole nitrogens is 1. The Morgan fingerprint density at radius 2 is 2.17 bits per heavy atom. The van der Waals surface area contributed by atoms with Crippen molar-refractivity contribution < 1.29 is 14.3 Å². The van der Waals surface area contributed by atoms with Crippen molar-refractivity contribution in [2.45, 2.75) is 20.3 Å². The number of benzene rings is 1. The first-order valence-corrected chi connectivity index (χ1v) is 5.98. The van der Waals surface area contributed by atoms with Crippen LogP contribution < -0.4 is 0 Å². The van der Waals surface area contributed by atoms with Gasteiger partial charge in [-0.1, -0.05) is 19.1 Å². The van der Waals surface area contributed by atoms with E-state index in [4.69, 9.17) is 4.74 Å². The van der Waals surface area contributed by atoms with E-state index in [0.717, 1.165) is 22.9 Å². The lowest BCUT2D eigenvalue weighted by Gasteiger charge is -1.98. The minimum absolute atomic E-state index is 0.232. The summed E-state index contributed by atoms with van der Waals surface area (Å²) in [6.45, 7) is 4.07. The molecule has 4 nitrogen and oxygen atoms in total. The number of ether oxygens (including phenoxy) is 1. The number of carbonyl (C=O) groups is 2. The molecule has 94 valence electrons. The molecule has 2 aromatic rings. The van der Waals surface area contributed by atoms with Gasteiger partial charge in [0.05, 0.1) is 12.2 Å². The van der Waals surface area contributed by atoms with Crippen LogP contribution in [0.15, 0.2) is 18.2 Å². The third-order valence-electron chi connectivity index (χ3n) is 2.91. The second-order valence-electron chi connectivity index (χ2n) is 3.99. The fourth-order valence-electron chi connectivity index (χ4n) is 1.97.